The molecule has 1 N–H and O–H groups in total. The first-order chi connectivity index (χ1) is 9.56. The Morgan fingerprint density at radius 2 is 1.75 bits per heavy atom. The van der Waals surface area contributed by atoms with Crippen LogP contribution in [0.2, 0.25) is 0 Å². The van der Waals surface area contributed by atoms with Gasteiger partial charge in [0.1, 0.15) is 0 Å². The van der Waals surface area contributed by atoms with Crippen LogP contribution in [0, 0.1) is 12.8 Å². The predicted octanol–water partition coefficient (Wildman–Crippen LogP) is 5.96. The van der Waals surface area contributed by atoms with Crippen LogP contribution in [0.5, 0.6) is 0 Å². The van der Waals surface area contributed by atoms with E-state index in [9.17, 15) is 0 Å². The summed E-state index contributed by atoms with van der Waals surface area (Å²) in [6.07, 6.45) is 1.12. The molecule has 0 radical (unpaired) electrons. The van der Waals surface area contributed by atoms with E-state index < -0.39 is 0 Å². The molecule has 2 aromatic carbocycles. The molecule has 0 saturated heterocycles. The number of nitrogens with one attached hydrogen (secondary N) is 1. The van der Waals surface area contributed by atoms with E-state index in [1.807, 2.05) is 0 Å². The molecule has 0 heterocycles. The molecule has 0 fully saturated rings. The van der Waals surface area contributed by atoms with Gasteiger partial charge in [0, 0.05) is 10.2 Å². The van der Waals surface area contributed by atoms with Gasteiger partial charge < -0.3 is 5.32 Å². The fourth-order valence-corrected chi connectivity index (χ4v) is 2.62. The highest BCUT2D eigenvalue weighted by molar-refractivity contribution is 9.10. The van der Waals surface area contributed by atoms with Crippen molar-refractivity contribution in [3.63, 3.8) is 0 Å². The fourth-order valence-electron chi connectivity index (χ4n) is 2.37. The van der Waals surface area contributed by atoms with E-state index in [-0.39, 0.29) is 0 Å². The van der Waals surface area contributed by atoms with E-state index in [1.54, 1.807) is 0 Å². The van der Waals surface area contributed by atoms with Crippen LogP contribution in [0.25, 0.3) is 0 Å². The fraction of sp³-hybridized carbons (Fsp3) is 0.333. The highest BCUT2D eigenvalue weighted by atomic mass is 79.9. The summed E-state index contributed by atoms with van der Waals surface area (Å²) in [6.45, 7) is 6.66. The van der Waals surface area contributed by atoms with Crippen LogP contribution in [-0.4, -0.2) is 0 Å². The highest BCUT2D eigenvalue weighted by Crippen LogP contribution is 2.28. The van der Waals surface area contributed by atoms with Crippen molar-refractivity contribution in [3.8, 4) is 0 Å². The maximum absolute atomic E-state index is 3.67. The summed E-state index contributed by atoms with van der Waals surface area (Å²) < 4.78 is 1.16. The lowest BCUT2D eigenvalue weighted by atomic mass is 9.96. The number of halogens is 1. The highest BCUT2D eigenvalue weighted by Gasteiger charge is 2.13. The Kier molecular flexibility index (Phi) is 5.24. The Bertz CT molecular complexity index is 549. The number of hydrogen-bond acceptors (Lipinski definition) is 1. The first kappa shape index (κ1) is 15.1. The molecule has 1 nitrogen and oxygen atoms in total. The molecule has 0 amide bonds. The first-order valence-electron chi connectivity index (χ1n) is 7.14. The number of rotatable bonds is 5. The van der Waals surface area contributed by atoms with Crippen molar-refractivity contribution >= 4 is 21.6 Å². The topological polar surface area (TPSA) is 12.0 Å². The Balaban J connectivity index is 2.21. The third kappa shape index (κ3) is 4.11. The Morgan fingerprint density at radius 1 is 1.05 bits per heavy atom. The zero-order chi connectivity index (χ0) is 14.5. The smallest absolute Gasteiger partial charge is 0.0516 e. The number of benzene rings is 2. The van der Waals surface area contributed by atoms with Gasteiger partial charge in [-0.15, -0.1) is 0 Å². The SMILES string of the molecule is Cc1cc(NC(CC(C)C)c2ccccc2)ccc1Br. The molecule has 0 aliphatic carbocycles. The van der Waals surface area contributed by atoms with Crippen LogP contribution >= 0.6 is 15.9 Å². The Morgan fingerprint density at radius 3 is 2.35 bits per heavy atom. The Labute approximate surface area is 130 Å². The van der Waals surface area contributed by atoms with Gasteiger partial charge in [-0.2, -0.15) is 0 Å². The largest absolute Gasteiger partial charge is 0.378 e. The van der Waals surface area contributed by atoms with E-state index in [0.717, 1.165) is 10.9 Å². The van der Waals surface area contributed by atoms with E-state index in [0.29, 0.717) is 12.0 Å². The molecule has 106 valence electrons. The molecule has 2 heteroatoms. The maximum atomic E-state index is 3.67. The standard InChI is InChI=1S/C18H22BrN/c1-13(2)11-18(15-7-5-4-6-8-15)20-16-9-10-17(19)14(3)12-16/h4-10,12-13,18,20H,11H2,1-3H3. The predicted molar refractivity (Wildman–Crippen MR) is 91.1 cm³/mol. The third-order valence-electron chi connectivity index (χ3n) is 3.41. The van der Waals surface area contributed by atoms with Gasteiger partial charge in [0.2, 0.25) is 0 Å². The molecule has 1 atom stereocenters. The van der Waals surface area contributed by atoms with E-state index in [4.69, 9.17) is 0 Å². The molecule has 20 heavy (non-hydrogen) atoms. The van der Waals surface area contributed by atoms with Gasteiger partial charge in [-0.3, -0.25) is 0 Å². The van der Waals surface area contributed by atoms with Crippen LogP contribution in [0.1, 0.15) is 37.4 Å². The summed E-state index contributed by atoms with van der Waals surface area (Å²) >= 11 is 3.55. The average Bonchev–Trinajstić information content (AvgIpc) is 2.43. The summed E-state index contributed by atoms with van der Waals surface area (Å²) in [5.41, 5.74) is 3.79. The van der Waals surface area contributed by atoms with Crippen molar-refractivity contribution in [2.24, 2.45) is 5.92 Å². The second-order valence-electron chi connectivity index (χ2n) is 5.70. The Hall–Kier alpha value is -1.28. The third-order valence-corrected chi connectivity index (χ3v) is 4.30. The van der Waals surface area contributed by atoms with Crippen molar-refractivity contribution in [1.29, 1.82) is 0 Å². The molecule has 0 spiro atoms. The minimum Gasteiger partial charge on any atom is -0.378 e. The molecular weight excluding hydrogens is 310 g/mol. The minimum absolute atomic E-state index is 0.358. The molecule has 1 unspecified atom stereocenters. The number of anilines is 1. The number of hydrogen-bond donors (Lipinski definition) is 1. The van der Waals surface area contributed by atoms with Gasteiger partial charge in [0.05, 0.1) is 6.04 Å². The van der Waals surface area contributed by atoms with Gasteiger partial charge in [-0.25, -0.2) is 0 Å². The minimum atomic E-state index is 0.358. The van der Waals surface area contributed by atoms with Gasteiger partial charge in [0.15, 0.2) is 0 Å². The molecular formula is C18H22BrN. The van der Waals surface area contributed by atoms with Gasteiger partial charge >= 0.3 is 0 Å². The zero-order valence-corrected chi connectivity index (χ0v) is 13.9. The molecule has 0 saturated carbocycles. The number of aryl methyl sites for hydroxylation is 1. The van der Waals surface area contributed by atoms with Crippen molar-refractivity contribution in [3.05, 3.63) is 64.1 Å². The van der Waals surface area contributed by atoms with Crippen molar-refractivity contribution in [1.82, 2.24) is 0 Å². The summed E-state index contributed by atoms with van der Waals surface area (Å²) in [6, 6.07) is 17.5. The molecule has 2 aromatic rings. The second kappa shape index (κ2) is 6.94. The van der Waals surface area contributed by atoms with Crippen LogP contribution in [0.15, 0.2) is 53.0 Å². The summed E-state index contributed by atoms with van der Waals surface area (Å²) in [5.74, 6) is 0.657. The zero-order valence-electron chi connectivity index (χ0n) is 12.4. The summed E-state index contributed by atoms with van der Waals surface area (Å²) in [5, 5.41) is 3.67. The lowest BCUT2D eigenvalue weighted by molar-refractivity contribution is 0.531. The van der Waals surface area contributed by atoms with Crippen molar-refractivity contribution in [2.45, 2.75) is 33.2 Å². The molecule has 0 aliphatic heterocycles. The van der Waals surface area contributed by atoms with Gasteiger partial charge in [-0.1, -0.05) is 60.1 Å². The van der Waals surface area contributed by atoms with E-state index >= 15 is 0 Å². The molecule has 0 aliphatic rings. The monoisotopic (exact) mass is 331 g/mol. The average molecular weight is 332 g/mol. The van der Waals surface area contributed by atoms with Gasteiger partial charge in [0.25, 0.3) is 0 Å². The maximum Gasteiger partial charge on any atom is 0.0516 e. The molecule has 0 aromatic heterocycles. The van der Waals surface area contributed by atoms with Crippen LogP contribution in [-0.2, 0) is 0 Å². The quantitative estimate of drug-likeness (QED) is 0.713. The lowest BCUT2D eigenvalue weighted by Gasteiger charge is -2.22. The lowest BCUT2D eigenvalue weighted by Crippen LogP contribution is -2.13. The van der Waals surface area contributed by atoms with Gasteiger partial charge in [-0.05, 0) is 48.6 Å². The molecule has 2 rings (SSSR count). The first-order valence-corrected chi connectivity index (χ1v) is 7.93. The van der Waals surface area contributed by atoms with Crippen molar-refractivity contribution in [2.75, 3.05) is 5.32 Å². The normalized spacial score (nSPS) is 12.4. The van der Waals surface area contributed by atoms with Crippen LogP contribution < -0.4 is 5.32 Å². The van der Waals surface area contributed by atoms with Crippen molar-refractivity contribution < 1.29 is 0 Å². The molecule has 0 bridgehead atoms. The summed E-state index contributed by atoms with van der Waals surface area (Å²) in [4.78, 5) is 0. The second-order valence-corrected chi connectivity index (χ2v) is 6.56. The van der Waals surface area contributed by atoms with E-state index in [1.165, 1.54) is 16.8 Å². The van der Waals surface area contributed by atoms with Crippen LogP contribution in [0.4, 0.5) is 5.69 Å². The van der Waals surface area contributed by atoms with Crippen LogP contribution in [0.3, 0.4) is 0 Å². The summed E-state index contributed by atoms with van der Waals surface area (Å²) in [7, 11) is 0. The van der Waals surface area contributed by atoms with E-state index in [2.05, 4.69) is 90.5 Å².